The van der Waals surface area contributed by atoms with Gasteiger partial charge >= 0.3 is 6.18 Å². The number of nitrogens with one attached hydrogen (secondary N) is 2. The summed E-state index contributed by atoms with van der Waals surface area (Å²) in [6.45, 7) is 3.96. The predicted molar refractivity (Wildman–Crippen MR) is 110 cm³/mol. The van der Waals surface area contributed by atoms with E-state index < -0.39 is 17.6 Å². The van der Waals surface area contributed by atoms with Crippen LogP contribution in [-0.4, -0.2) is 23.3 Å². The number of benzene rings is 2. The molecule has 0 fully saturated rings. The molecular formula is C21H18F3N3O2S. The van der Waals surface area contributed by atoms with Crippen molar-refractivity contribution < 1.29 is 22.8 Å². The molecule has 3 rings (SSSR count). The molecule has 3 aromatic rings. The van der Waals surface area contributed by atoms with Crippen molar-refractivity contribution in [2.45, 2.75) is 20.0 Å². The van der Waals surface area contributed by atoms with E-state index in [-0.39, 0.29) is 5.91 Å². The highest BCUT2D eigenvalue weighted by atomic mass is 32.1. The van der Waals surface area contributed by atoms with Gasteiger partial charge in [0.15, 0.2) is 0 Å². The average molecular weight is 433 g/mol. The zero-order valence-corrected chi connectivity index (χ0v) is 16.9. The molecule has 5 nitrogen and oxygen atoms in total. The first-order chi connectivity index (χ1) is 14.2. The summed E-state index contributed by atoms with van der Waals surface area (Å²) < 4.78 is 38.2. The standard InChI is InChI=1S/C21H18F3N3O2S/c1-3-25-18(28)14-5-4-6-16(11-14)27-19(29)17-12(2)26-20(30-17)13-7-9-15(10-8-13)21(22,23)24/h4-11H,3H2,1-2H3,(H,25,28)(H,27,29). The van der Waals surface area contributed by atoms with Crippen LogP contribution in [0.4, 0.5) is 18.9 Å². The molecular weight excluding hydrogens is 415 g/mol. The fourth-order valence-corrected chi connectivity index (χ4v) is 3.69. The Kier molecular flexibility index (Phi) is 6.21. The van der Waals surface area contributed by atoms with Gasteiger partial charge in [0.2, 0.25) is 0 Å². The SMILES string of the molecule is CCNC(=O)c1cccc(NC(=O)c2sc(-c3ccc(C(F)(F)F)cc3)nc2C)c1. The van der Waals surface area contributed by atoms with E-state index in [0.717, 1.165) is 23.5 Å². The summed E-state index contributed by atoms with van der Waals surface area (Å²) in [6, 6.07) is 11.2. The molecule has 30 heavy (non-hydrogen) atoms. The number of thiazole rings is 1. The summed E-state index contributed by atoms with van der Waals surface area (Å²) in [5, 5.41) is 5.87. The summed E-state index contributed by atoms with van der Waals surface area (Å²) in [7, 11) is 0. The number of anilines is 1. The molecule has 0 spiro atoms. The third-order valence-corrected chi connectivity index (χ3v) is 5.39. The Morgan fingerprint density at radius 3 is 2.40 bits per heavy atom. The molecule has 1 heterocycles. The topological polar surface area (TPSA) is 71.1 Å². The average Bonchev–Trinajstić information content (AvgIpc) is 3.09. The molecule has 0 aliphatic carbocycles. The summed E-state index contributed by atoms with van der Waals surface area (Å²) in [5.41, 5.74) is 1.08. The van der Waals surface area contributed by atoms with Gasteiger partial charge in [-0.15, -0.1) is 11.3 Å². The lowest BCUT2D eigenvalue weighted by atomic mass is 10.1. The third-order valence-electron chi connectivity index (χ3n) is 4.18. The van der Waals surface area contributed by atoms with Crippen molar-refractivity contribution >= 4 is 28.8 Å². The lowest BCUT2D eigenvalue weighted by Crippen LogP contribution is -2.22. The van der Waals surface area contributed by atoms with Gasteiger partial charge in [-0.2, -0.15) is 13.2 Å². The van der Waals surface area contributed by atoms with Gasteiger partial charge in [-0.05, 0) is 44.2 Å². The first-order valence-electron chi connectivity index (χ1n) is 9.03. The van der Waals surface area contributed by atoms with Gasteiger partial charge in [-0.3, -0.25) is 9.59 Å². The van der Waals surface area contributed by atoms with Crippen molar-refractivity contribution in [3.05, 3.63) is 70.2 Å². The minimum Gasteiger partial charge on any atom is -0.352 e. The Hall–Kier alpha value is -3.20. The number of halogens is 3. The molecule has 2 aromatic carbocycles. The van der Waals surface area contributed by atoms with Crippen LogP contribution in [-0.2, 0) is 6.18 Å². The van der Waals surface area contributed by atoms with E-state index in [1.165, 1.54) is 12.1 Å². The maximum atomic E-state index is 12.7. The molecule has 0 aliphatic heterocycles. The van der Waals surface area contributed by atoms with Crippen molar-refractivity contribution in [1.29, 1.82) is 0 Å². The van der Waals surface area contributed by atoms with Crippen LogP contribution in [0.25, 0.3) is 10.6 Å². The van der Waals surface area contributed by atoms with Gasteiger partial charge in [0.25, 0.3) is 11.8 Å². The number of carbonyl (C=O) groups excluding carboxylic acids is 2. The third kappa shape index (κ3) is 4.85. The van der Waals surface area contributed by atoms with E-state index in [2.05, 4.69) is 15.6 Å². The van der Waals surface area contributed by atoms with Crippen molar-refractivity contribution in [2.75, 3.05) is 11.9 Å². The lowest BCUT2D eigenvalue weighted by Gasteiger charge is -2.07. The second-order valence-corrected chi connectivity index (χ2v) is 7.40. The van der Waals surface area contributed by atoms with Crippen LogP contribution < -0.4 is 10.6 Å². The van der Waals surface area contributed by atoms with Crippen LogP contribution in [0.2, 0.25) is 0 Å². The smallest absolute Gasteiger partial charge is 0.352 e. The summed E-state index contributed by atoms with van der Waals surface area (Å²) in [6.07, 6.45) is -4.41. The van der Waals surface area contributed by atoms with E-state index in [4.69, 9.17) is 0 Å². The molecule has 2 amide bonds. The molecule has 0 aliphatic rings. The van der Waals surface area contributed by atoms with Crippen LogP contribution in [0.3, 0.4) is 0 Å². The molecule has 156 valence electrons. The van der Waals surface area contributed by atoms with E-state index in [0.29, 0.717) is 38.9 Å². The molecule has 0 saturated carbocycles. The predicted octanol–water partition coefficient (Wildman–Crippen LogP) is 5.14. The number of rotatable bonds is 5. The number of hydrogen-bond donors (Lipinski definition) is 2. The second kappa shape index (κ2) is 8.66. The number of alkyl halides is 3. The number of aryl methyl sites for hydroxylation is 1. The van der Waals surface area contributed by atoms with Gasteiger partial charge in [-0.1, -0.05) is 18.2 Å². The minimum absolute atomic E-state index is 0.243. The first kappa shape index (κ1) is 21.5. The normalized spacial score (nSPS) is 11.2. The number of amides is 2. The summed E-state index contributed by atoms with van der Waals surface area (Å²) in [5.74, 6) is -0.650. The fourth-order valence-electron chi connectivity index (χ4n) is 2.72. The molecule has 1 aromatic heterocycles. The first-order valence-corrected chi connectivity index (χ1v) is 9.85. The zero-order valence-electron chi connectivity index (χ0n) is 16.1. The van der Waals surface area contributed by atoms with E-state index in [1.807, 2.05) is 6.92 Å². The monoisotopic (exact) mass is 433 g/mol. The van der Waals surface area contributed by atoms with Gasteiger partial charge in [0, 0.05) is 23.4 Å². The molecule has 0 unspecified atom stereocenters. The van der Waals surface area contributed by atoms with Crippen LogP contribution in [0.15, 0.2) is 48.5 Å². The number of carbonyl (C=O) groups is 2. The quantitative estimate of drug-likeness (QED) is 0.585. The van der Waals surface area contributed by atoms with E-state index in [1.54, 1.807) is 31.2 Å². The highest BCUT2D eigenvalue weighted by molar-refractivity contribution is 7.17. The zero-order chi connectivity index (χ0) is 21.9. The molecule has 2 N–H and O–H groups in total. The summed E-state index contributed by atoms with van der Waals surface area (Å²) >= 11 is 1.09. The molecule has 0 saturated heterocycles. The highest BCUT2D eigenvalue weighted by Gasteiger charge is 2.30. The summed E-state index contributed by atoms with van der Waals surface area (Å²) in [4.78, 5) is 29.3. The Labute approximate surface area is 175 Å². The maximum Gasteiger partial charge on any atom is 0.416 e. The Balaban J connectivity index is 1.79. The lowest BCUT2D eigenvalue weighted by molar-refractivity contribution is -0.137. The van der Waals surface area contributed by atoms with Gasteiger partial charge < -0.3 is 10.6 Å². The Morgan fingerprint density at radius 1 is 1.07 bits per heavy atom. The van der Waals surface area contributed by atoms with Crippen LogP contribution in [0.5, 0.6) is 0 Å². The van der Waals surface area contributed by atoms with E-state index >= 15 is 0 Å². The van der Waals surface area contributed by atoms with Gasteiger partial charge in [0.05, 0.1) is 11.3 Å². The Morgan fingerprint density at radius 2 is 1.77 bits per heavy atom. The van der Waals surface area contributed by atoms with Crippen molar-refractivity contribution in [3.63, 3.8) is 0 Å². The fraction of sp³-hybridized carbons (Fsp3) is 0.190. The van der Waals surface area contributed by atoms with Gasteiger partial charge in [0.1, 0.15) is 9.88 Å². The second-order valence-electron chi connectivity index (χ2n) is 6.40. The van der Waals surface area contributed by atoms with Crippen molar-refractivity contribution in [3.8, 4) is 10.6 Å². The van der Waals surface area contributed by atoms with Crippen LogP contribution in [0.1, 0.15) is 38.2 Å². The Bertz CT molecular complexity index is 1080. The van der Waals surface area contributed by atoms with Crippen molar-refractivity contribution in [2.24, 2.45) is 0 Å². The number of nitrogens with zero attached hydrogens (tertiary/aromatic N) is 1. The number of aromatic nitrogens is 1. The van der Waals surface area contributed by atoms with Crippen LogP contribution >= 0.6 is 11.3 Å². The molecule has 0 bridgehead atoms. The van der Waals surface area contributed by atoms with Gasteiger partial charge in [-0.25, -0.2) is 4.98 Å². The van der Waals surface area contributed by atoms with Crippen molar-refractivity contribution in [1.82, 2.24) is 10.3 Å². The minimum atomic E-state index is -4.41. The number of hydrogen-bond acceptors (Lipinski definition) is 4. The maximum absolute atomic E-state index is 12.7. The van der Waals surface area contributed by atoms with Crippen LogP contribution in [0, 0.1) is 6.92 Å². The molecule has 9 heteroatoms. The highest BCUT2D eigenvalue weighted by Crippen LogP contribution is 2.33. The largest absolute Gasteiger partial charge is 0.416 e. The molecule has 0 radical (unpaired) electrons. The molecule has 0 atom stereocenters. The van der Waals surface area contributed by atoms with E-state index in [9.17, 15) is 22.8 Å².